The summed E-state index contributed by atoms with van der Waals surface area (Å²) in [7, 11) is 0. The number of unbranched alkanes of at least 4 members (excludes halogenated alkanes) is 1. The fourth-order valence-corrected chi connectivity index (χ4v) is 5.15. The Balaban J connectivity index is 1.72. The molecule has 0 aromatic heterocycles. The summed E-state index contributed by atoms with van der Waals surface area (Å²) in [5.74, 6) is -3.11. The smallest absolute Gasteiger partial charge is 0.405 e. The van der Waals surface area contributed by atoms with Crippen molar-refractivity contribution in [2.45, 2.75) is 89.3 Å². The first-order valence-electron chi connectivity index (χ1n) is 14.6. The van der Waals surface area contributed by atoms with Crippen molar-refractivity contribution in [2.75, 3.05) is 19.8 Å². The van der Waals surface area contributed by atoms with Gasteiger partial charge >= 0.3 is 6.09 Å². The van der Waals surface area contributed by atoms with Gasteiger partial charge in [0.15, 0.2) is 5.79 Å². The zero-order valence-corrected chi connectivity index (χ0v) is 24.3. The lowest BCUT2D eigenvalue weighted by Crippen LogP contribution is -2.55. The van der Waals surface area contributed by atoms with Crippen molar-refractivity contribution in [1.29, 1.82) is 0 Å². The van der Waals surface area contributed by atoms with E-state index >= 15 is 0 Å². The average Bonchev–Trinajstić information content (AvgIpc) is 3.42. The Kier molecular flexibility index (Phi) is 13.1. The maximum Gasteiger partial charge on any atom is 0.405 e. The highest BCUT2D eigenvalue weighted by atomic mass is 19.1. The molecule has 0 aliphatic carbocycles. The van der Waals surface area contributed by atoms with Gasteiger partial charge in [-0.3, -0.25) is 4.79 Å². The molecule has 1 aliphatic rings. The summed E-state index contributed by atoms with van der Waals surface area (Å²) in [6.45, 7) is 5.46. The van der Waals surface area contributed by atoms with Gasteiger partial charge in [0, 0.05) is 32.0 Å². The van der Waals surface area contributed by atoms with Gasteiger partial charge in [0.25, 0.3) is 0 Å². The second kappa shape index (κ2) is 16.5. The van der Waals surface area contributed by atoms with E-state index in [0.29, 0.717) is 26.2 Å². The number of ether oxygens (including phenoxy) is 2. The molecule has 1 aliphatic heterocycles. The second-order valence-corrected chi connectivity index (χ2v) is 10.7. The van der Waals surface area contributed by atoms with Crippen molar-refractivity contribution in [2.24, 2.45) is 0 Å². The number of carboxylic acid groups (broad SMARTS) is 1. The van der Waals surface area contributed by atoms with Gasteiger partial charge in [0.05, 0.1) is 25.4 Å². The molecule has 5 N–H and O–H groups in total. The number of hydrogen-bond acceptors (Lipinski definition) is 6. The molecule has 2 aromatic rings. The fraction of sp³-hybridized carbons (Fsp3) is 0.548. The van der Waals surface area contributed by atoms with Gasteiger partial charge in [-0.05, 0) is 54.5 Å². The van der Waals surface area contributed by atoms with E-state index in [1.807, 2.05) is 25.1 Å². The molecule has 232 valence electrons. The minimum absolute atomic E-state index is 0.0674. The number of halogens is 2. The van der Waals surface area contributed by atoms with E-state index in [2.05, 4.69) is 28.9 Å². The molecule has 0 saturated carbocycles. The van der Waals surface area contributed by atoms with E-state index in [1.165, 1.54) is 5.56 Å². The minimum atomic E-state index is -1.38. The molecule has 3 atom stereocenters. The molecule has 42 heavy (non-hydrogen) atoms. The van der Waals surface area contributed by atoms with Crippen molar-refractivity contribution >= 4 is 12.0 Å². The van der Waals surface area contributed by atoms with Crippen molar-refractivity contribution in [3.8, 4) is 0 Å². The van der Waals surface area contributed by atoms with Crippen molar-refractivity contribution in [3.63, 3.8) is 0 Å². The van der Waals surface area contributed by atoms with E-state index in [0.717, 1.165) is 43.0 Å². The summed E-state index contributed by atoms with van der Waals surface area (Å²) in [4.78, 5) is 25.0. The van der Waals surface area contributed by atoms with E-state index in [9.17, 15) is 28.6 Å². The number of hydrogen-bond donors (Lipinski definition) is 5. The van der Waals surface area contributed by atoms with Crippen molar-refractivity contribution < 1.29 is 38.1 Å². The van der Waals surface area contributed by atoms with Crippen LogP contribution < -0.4 is 16.0 Å². The number of rotatable bonds is 17. The molecule has 2 aromatic carbocycles. The molecule has 1 fully saturated rings. The topological polar surface area (TPSA) is 129 Å². The van der Waals surface area contributed by atoms with Crippen LogP contribution in [0.3, 0.4) is 0 Å². The normalized spacial score (nSPS) is 16.5. The number of carbonyl (C=O) groups is 2. The molecular formula is C31H43F2N3O6. The van der Waals surface area contributed by atoms with Crippen LogP contribution in [0.15, 0.2) is 42.5 Å². The van der Waals surface area contributed by atoms with Crippen LogP contribution in [-0.2, 0) is 33.7 Å². The van der Waals surface area contributed by atoms with Gasteiger partial charge in [-0.2, -0.15) is 0 Å². The molecular weight excluding hydrogens is 548 g/mol. The van der Waals surface area contributed by atoms with Gasteiger partial charge < -0.3 is 35.6 Å². The monoisotopic (exact) mass is 591 g/mol. The lowest BCUT2D eigenvalue weighted by molar-refractivity contribution is -0.169. The second-order valence-electron chi connectivity index (χ2n) is 10.7. The van der Waals surface area contributed by atoms with Crippen LogP contribution in [0, 0.1) is 11.6 Å². The zero-order chi connectivity index (χ0) is 30.5. The van der Waals surface area contributed by atoms with Gasteiger partial charge in [0.1, 0.15) is 17.7 Å². The fourth-order valence-electron chi connectivity index (χ4n) is 5.15. The van der Waals surface area contributed by atoms with E-state index < -0.39 is 47.6 Å². The molecule has 1 saturated heterocycles. The third kappa shape index (κ3) is 10.6. The van der Waals surface area contributed by atoms with Crippen LogP contribution in [0.4, 0.5) is 13.6 Å². The zero-order valence-electron chi connectivity index (χ0n) is 24.3. The van der Waals surface area contributed by atoms with Gasteiger partial charge in [-0.1, -0.05) is 44.5 Å². The van der Waals surface area contributed by atoms with Crippen LogP contribution in [0.2, 0.25) is 0 Å². The lowest BCUT2D eigenvalue weighted by Gasteiger charge is -2.30. The maximum atomic E-state index is 13.9. The summed E-state index contributed by atoms with van der Waals surface area (Å²) < 4.78 is 39.6. The summed E-state index contributed by atoms with van der Waals surface area (Å²) in [6.07, 6.45) is 1.02. The molecule has 11 heteroatoms. The molecule has 0 radical (unpaired) electrons. The quantitative estimate of drug-likeness (QED) is 0.188. The van der Waals surface area contributed by atoms with Crippen LogP contribution in [0.5, 0.6) is 0 Å². The van der Waals surface area contributed by atoms with Gasteiger partial charge in [0.2, 0.25) is 5.91 Å². The standard InChI is InChI=1S/C31H43F2N3O6/c1-3-5-10-31(41-12-13-42-31)11-9-26(36-30(39)40)29(38)35-27(17-23-15-24(32)18-25(33)16-23)28(37)20-34-19-22-8-6-7-21(4-2)14-22/h6-8,14-16,18,26-28,34,36-37H,3-5,9-13,17,19-20H2,1-2H3,(H,35,38)(H,39,40)/t26-,27+,28-/m1/s1. The number of amides is 2. The molecule has 2 amide bonds. The van der Waals surface area contributed by atoms with Crippen molar-refractivity contribution in [3.05, 3.63) is 70.8 Å². The maximum absolute atomic E-state index is 13.9. The van der Waals surface area contributed by atoms with Crippen LogP contribution >= 0.6 is 0 Å². The Hall–Kier alpha value is -3.12. The number of aryl methyl sites for hydroxylation is 1. The highest BCUT2D eigenvalue weighted by Crippen LogP contribution is 2.31. The Bertz CT molecular complexity index is 1140. The van der Waals surface area contributed by atoms with Gasteiger partial charge in [-0.25, -0.2) is 13.6 Å². The number of aliphatic hydroxyl groups is 1. The van der Waals surface area contributed by atoms with E-state index in [-0.39, 0.29) is 31.4 Å². The third-order valence-electron chi connectivity index (χ3n) is 7.41. The molecule has 0 bridgehead atoms. The molecule has 0 unspecified atom stereocenters. The van der Waals surface area contributed by atoms with Crippen LogP contribution in [0.25, 0.3) is 0 Å². The number of aliphatic hydroxyl groups excluding tert-OH is 1. The summed E-state index contributed by atoms with van der Waals surface area (Å²) in [6, 6.07) is 8.88. The highest BCUT2D eigenvalue weighted by Gasteiger charge is 2.38. The van der Waals surface area contributed by atoms with E-state index in [4.69, 9.17) is 9.47 Å². The Labute approximate surface area is 246 Å². The highest BCUT2D eigenvalue weighted by molar-refractivity contribution is 5.85. The number of benzene rings is 2. The number of carbonyl (C=O) groups excluding carboxylic acids is 1. The molecule has 9 nitrogen and oxygen atoms in total. The van der Waals surface area contributed by atoms with Crippen LogP contribution in [0.1, 0.15) is 62.6 Å². The van der Waals surface area contributed by atoms with Crippen molar-refractivity contribution in [1.82, 2.24) is 16.0 Å². The van der Waals surface area contributed by atoms with Gasteiger partial charge in [-0.15, -0.1) is 0 Å². The lowest BCUT2D eigenvalue weighted by atomic mass is 9.97. The largest absolute Gasteiger partial charge is 0.465 e. The Morgan fingerprint density at radius 1 is 0.976 bits per heavy atom. The third-order valence-corrected chi connectivity index (χ3v) is 7.41. The summed E-state index contributed by atoms with van der Waals surface area (Å²) in [5, 5.41) is 28.7. The average molecular weight is 592 g/mol. The summed E-state index contributed by atoms with van der Waals surface area (Å²) in [5.41, 5.74) is 2.44. The first-order valence-corrected chi connectivity index (χ1v) is 14.6. The SMILES string of the molecule is CCCCC1(CC[C@@H](NC(=O)O)C(=O)N[C@@H](Cc2cc(F)cc(F)c2)[C@H](O)CNCc2cccc(CC)c2)OCCO1. The molecule has 3 rings (SSSR count). The predicted octanol–water partition coefficient (Wildman–Crippen LogP) is 4.05. The van der Waals surface area contributed by atoms with E-state index in [1.54, 1.807) is 0 Å². The van der Waals surface area contributed by atoms with Crippen LogP contribution in [-0.4, -0.2) is 65.9 Å². The predicted molar refractivity (Wildman–Crippen MR) is 154 cm³/mol. The summed E-state index contributed by atoms with van der Waals surface area (Å²) >= 11 is 0. The molecule has 1 heterocycles. The Morgan fingerprint density at radius 2 is 1.67 bits per heavy atom. The first kappa shape index (κ1) is 33.4. The minimum Gasteiger partial charge on any atom is -0.465 e. The molecule has 0 spiro atoms. The number of nitrogens with one attached hydrogen (secondary N) is 3. The Morgan fingerprint density at radius 3 is 2.31 bits per heavy atom. The first-order chi connectivity index (χ1) is 20.1.